The topological polar surface area (TPSA) is 145 Å². The second-order valence-corrected chi connectivity index (χ2v) is 12.0. The zero-order chi connectivity index (χ0) is 33.5. The highest BCUT2D eigenvalue weighted by atomic mass is 16.6. The molecule has 2 unspecified atom stereocenters. The van der Waals surface area contributed by atoms with E-state index in [-0.39, 0.29) is 12.2 Å². The SMILES string of the molecule is c1cc(-c2nc(-c3ccc(OCC4CO4)cc3)n[nH]2)ccc1OCCCCOc1ccc(-c2nc(-c3ccc(OCC4CO4)cc3)n[nH]2)cc1. The first-order valence-electron chi connectivity index (χ1n) is 16.7. The lowest BCUT2D eigenvalue weighted by Crippen LogP contribution is -2.03. The molecule has 8 rings (SSSR count). The second-order valence-electron chi connectivity index (χ2n) is 12.0. The van der Waals surface area contributed by atoms with Crippen molar-refractivity contribution in [1.82, 2.24) is 30.4 Å². The maximum absolute atomic E-state index is 5.95. The number of epoxide rings is 2. The molecule has 254 valence electrons. The van der Waals surface area contributed by atoms with Crippen LogP contribution in [-0.2, 0) is 9.47 Å². The monoisotopic (exact) mass is 672 g/mol. The highest BCUT2D eigenvalue weighted by Crippen LogP contribution is 2.26. The number of rotatable bonds is 17. The summed E-state index contributed by atoms with van der Waals surface area (Å²) in [5, 5.41) is 14.8. The Morgan fingerprint density at radius 2 is 0.820 bits per heavy atom. The molecule has 0 saturated carbocycles. The van der Waals surface area contributed by atoms with Crippen molar-refractivity contribution >= 4 is 0 Å². The number of benzene rings is 4. The normalized spacial score (nSPS) is 16.2. The Balaban J connectivity index is 0.741. The molecular weight excluding hydrogens is 636 g/mol. The van der Waals surface area contributed by atoms with Gasteiger partial charge in [-0.1, -0.05) is 0 Å². The van der Waals surface area contributed by atoms with Gasteiger partial charge in [0.25, 0.3) is 0 Å². The fraction of sp³-hybridized carbons (Fsp3) is 0.263. The second kappa shape index (κ2) is 14.8. The number of nitrogens with zero attached hydrogens (tertiary/aromatic N) is 4. The van der Waals surface area contributed by atoms with Gasteiger partial charge in [0.15, 0.2) is 23.3 Å². The van der Waals surface area contributed by atoms with Crippen LogP contribution >= 0.6 is 0 Å². The Hall–Kier alpha value is -5.72. The Morgan fingerprint density at radius 1 is 0.480 bits per heavy atom. The van der Waals surface area contributed by atoms with E-state index < -0.39 is 0 Å². The van der Waals surface area contributed by atoms with Crippen molar-refractivity contribution in [3.63, 3.8) is 0 Å². The van der Waals surface area contributed by atoms with Gasteiger partial charge in [0, 0.05) is 22.3 Å². The maximum Gasteiger partial charge on any atom is 0.181 e. The van der Waals surface area contributed by atoms with Gasteiger partial charge in [0.2, 0.25) is 0 Å². The van der Waals surface area contributed by atoms with Gasteiger partial charge in [0.1, 0.15) is 48.4 Å². The summed E-state index contributed by atoms with van der Waals surface area (Å²) in [4.78, 5) is 9.33. The number of hydrogen-bond acceptors (Lipinski definition) is 10. The van der Waals surface area contributed by atoms with Crippen LogP contribution < -0.4 is 18.9 Å². The third-order valence-corrected chi connectivity index (χ3v) is 8.20. The molecule has 2 atom stereocenters. The van der Waals surface area contributed by atoms with Crippen LogP contribution in [-0.4, -0.2) is 82.2 Å². The molecule has 4 heterocycles. The smallest absolute Gasteiger partial charge is 0.181 e. The van der Waals surface area contributed by atoms with Crippen molar-refractivity contribution in [1.29, 1.82) is 0 Å². The first-order chi connectivity index (χ1) is 24.7. The molecule has 2 aliphatic heterocycles. The fourth-order valence-electron chi connectivity index (χ4n) is 5.15. The molecule has 2 aromatic heterocycles. The van der Waals surface area contributed by atoms with Gasteiger partial charge < -0.3 is 28.4 Å². The Kier molecular flexibility index (Phi) is 9.34. The number of aromatic nitrogens is 6. The van der Waals surface area contributed by atoms with E-state index in [1.165, 1.54) is 0 Å². The number of hydrogen-bond donors (Lipinski definition) is 2. The van der Waals surface area contributed by atoms with Gasteiger partial charge in [-0.2, -0.15) is 10.2 Å². The molecule has 6 aromatic rings. The van der Waals surface area contributed by atoms with Crippen molar-refractivity contribution in [3.05, 3.63) is 97.1 Å². The van der Waals surface area contributed by atoms with Crippen LogP contribution in [0.4, 0.5) is 0 Å². The predicted octanol–water partition coefficient (Wildman–Crippen LogP) is 6.38. The third-order valence-electron chi connectivity index (χ3n) is 8.20. The maximum atomic E-state index is 5.95. The van der Waals surface area contributed by atoms with E-state index in [0.29, 0.717) is 49.7 Å². The predicted molar refractivity (Wildman–Crippen MR) is 185 cm³/mol. The van der Waals surface area contributed by atoms with Crippen molar-refractivity contribution in [2.75, 3.05) is 39.6 Å². The van der Waals surface area contributed by atoms with Gasteiger partial charge in [-0.3, -0.25) is 10.2 Å². The van der Waals surface area contributed by atoms with E-state index in [0.717, 1.165) is 71.3 Å². The molecule has 0 spiro atoms. The van der Waals surface area contributed by atoms with Crippen LogP contribution in [0.5, 0.6) is 23.0 Å². The van der Waals surface area contributed by atoms with Crippen molar-refractivity contribution in [3.8, 4) is 68.5 Å². The molecule has 0 amide bonds. The van der Waals surface area contributed by atoms with E-state index >= 15 is 0 Å². The quantitative estimate of drug-likeness (QED) is 0.0827. The lowest BCUT2D eigenvalue weighted by atomic mass is 10.2. The minimum absolute atomic E-state index is 0.227. The summed E-state index contributed by atoms with van der Waals surface area (Å²) >= 11 is 0. The number of unbranched alkanes of at least 4 members (excludes halogenated alkanes) is 1. The van der Waals surface area contributed by atoms with Gasteiger partial charge in [-0.05, 0) is 110 Å². The summed E-state index contributed by atoms with van der Waals surface area (Å²) in [6, 6.07) is 31.2. The van der Waals surface area contributed by atoms with Crippen LogP contribution in [0.1, 0.15) is 12.8 Å². The van der Waals surface area contributed by atoms with Gasteiger partial charge in [-0.25, -0.2) is 9.97 Å². The minimum Gasteiger partial charge on any atom is -0.494 e. The summed E-state index contributed by atoms with van der Waals surface area (Å²) in [6.45, 7) is 3.90. The molecule has 2 N–H and O–H groups in total. The minimum atomic E-state index is 0.227. The van der Waals surface area contributed by atoms with Gasteiger partial charge in [0.05, 0.1) is 26.4 Å². The van der Waals surface area contributed by atoms with E-state index in [4.69, 9.17) is 28.4 Å². The van der Waals surface area contributed by atoms with Crippen LogP contribution in [0.2, 0.25) is 0 Å². The Morgan fingerprint density at radius 3 is 1.18 bits per heavy atom. The van der Waals surface area contributed by atoms with Crippen LogP contribution in [0.3, 0.4) is 0 Å². The van der Waals surface area contributed by atoms with Crippen molar-refractivity contribution in [2.24, 2.45) is 0 Å². The molecule has 2 fully saturated rings. The van der Waals surface area contributed by atoms with E-state index in [1.807, 2.05) is 97.1 Å². The number of ether oxygens (including phenoxy) is 6. The highest BCUT2D eigenvalue weighted by molar-refractivity contribution is 5.63. The van der Waals surface area contributed by atoms with E-state index in [9.17, 15) is 0 Å². The Labute approximate surface area is 288 Å². The van der Waals surface area contributed by atoms with Crippen LogP contribution in [0.15, 0.2) is 97.1 Å². The molecule has 2 saturated heterocycles. The fourth-order valence-corrected chi connectivity index (χ4v) is 5.15. The summed E-state index contributed by atoms with van der Waals surface area (Å²) < 4.78 is 33.7. The molecule has 4 aromatic carbocycles. The van der Waals surface area contributed by atoms with Crippen molar-refractivity contribution in [2.45, 2.75) is 25.0 Å². The Bertz CT molecular complexity index is 1820. The lowest BCUT2D eigenvalue weighted by Gasteiger charge is -2.08. The van der Waals surface area contributed by atoms with E-state index in [2.05, 4.69) is 30.4 Å². The zero-order valence-corrected chi connectivity index (χ0v) is 27.3. The molecule has 12 heteroatoms. The standard InChI is InChI=1S/C38H36N6O6/c1(19-45-29-11-3-25(4-12-29)35-39-37(43-41-35)27-7-15-31(16-8-27)47-21-33-23-49-33)2-20-46-30-13-5-26(6-14-30)36-40-38(44-42-36)28-9-17-32(18-10-28)48-22-34-24-50-34/h3-18,33-34H,1-2,19-24H2,(H,39,41,43)(H,40,42,44). The molecule has 12 nitrogen and oxygen atoms in total. The van der Waals surface area contributed by atoms with Gasteiger partial charge >= 0.3 is 0 Å². The zero-order valence-electron chi connectivity index (χ0n) is 27.3. The van der Waals surface area contributed by atoms with E-state index in [1.54, 1.807) is 0 Å². The third kappa shape index (κ3) is 8.28. The van der Waals surface area contributed by atoms with Crippen LogP contribution in [0, 0.1) is 0 Å². The van der Waals surface area contributed by atoms with Crippen LogP contribution in [0.25, 0.3) is 45.6 Å². The first-order valence-corrected chi connectivity index (χ1v) is 16.7. The summed E-state index contributed by atoms with van der Waals surface area (Å²) in [5.74, 6) is 5.86. The average Bonchev–Trinajstić information content (AvgIpc) is 4.08. The first kappa shape index (κ1) is 31.5. The number of nitrogens with one attached hydrogen (secondary N) is 2. The molecule has 50 heavy (non-hydrogen) atoms. The number of aromatic amines is 2. The number of H-pyrrole nitrogens is 2. The molecule has 2 aliphatic rings. The summed E-state index contributed by atoms with van der Waals surface area (Å²) in [6.07, 6.45) is 2.19. The molecule has 0 bridgehead atoms. The van der Waals surface area contributed by atoms with Gasteiger partial charge in [-0.15, -0.1) is 0 Å². The molecule has 0 aliphatic carbocycles. The van der Waals surface area contributed by atoms with Crippen molar-refractivity contribution < 1.29 is 28.4 Å². The lowest BCUT2D eigenvalue weighted by molar-refractivity contribution is 0.263. The largest absolute Gasteiger partial charge is 0.494 e. The summed E-state index contributed by atoms with van der Waals surface area (Å²) in [5.41, 5.74) is 3.68. The highest BCUT2D eigenvalue weighted by Gasteiger charge is 2.23. The summed E-state index contributed by atoms with van der Waals surface area (Å²) in [7, 11) is 0. The molecular formula is C38H36N6O6. The molecule has 0 radical (unpaired) electrons. The average molecular weight is 673 g/mol.